The van der Waals surface area contributed by atoms with E-state index in [-0.39, 0.29) is 46.9 Å². The Labute approximate surface area is 187 Å². The highest BCUT2D eigenvalue weighted by Gasteiger charge is 2.58. The van der Waals surface area contributed by atoms with E-state index in [1.54, 1.807) is 12.3 Å². The Kier molecular flexibility index (Phi) is 5.63. The Balaban J connectivity index is 1.49. The van der Waals surface area contributed by atoms with Crippen LogP contribution in [0.4, 0.5) is 4.39 Å². The molecule has 4 aliphatic rings. The lowest BCUT2D eigenvalue weighted by atomic mass is 9.47. The molecule has 2 atom stereocenters. The van der Waals surface area contributed by atoms with Gasteiger partial charge in [0.15, 0.2) is 0 Å². The first-order valence-corrected chi connectivity index (χ1v) is 11.2. The average molecular weight is 446 g/mol. The van der Waals surface area contributed by atoms with Crippen molar-refractivity contribution in [3.63, 3.8) is 0 Å². The number of alkyl halides is 1. The molecule has 4 aliphatic carbocycles. The van der Waals surface area contributed by atoms with E-state index in [1.807, 2.05) is 13.8 Å². The van der Waals surface area contributed by atoms with Crippen molar-refractivity contribution in [2.24, 2.45) is 28.9 Å². The van der Waals surface area contributed by atoms with Crippen molar-refractivity contribution < 1.29 is 18.8 Å². The fourth-order valence-corrected chi connectivity index (χ4v) is 6.38. The van der Waals surface area contributed by atoms with Crippen molar-refractivity contribution in [1.29, 1.82) is 0 Å². The average Bonchev–Trinajstić information content (AvgIpc) is 3.10. The van der Waals surface area contributed by atoms with Crippen LogP contribution in [0.2, 0.25) is 0 Å². The van der Waals surface area contributed by atoms with Gasteiger partial charge >= 0.3 is 0 Å². The molecule has 4 bridgehead atoms. The van der Waals surface area contributed by atoms with E-state index >= 15 is 0 Å². The van der Waals surface area contributed by atoms with Gasteiger partial charge in [0, 0.05) is 24.6 Å². The molecule has 8 nitrogen and oxygen atoms in total. The minimum Gasteiger partial charge on any atom is -0.369 e. The summed E-state index contributed by atoms with van der Waals surface area (Å²) in [6.07, 6.45) is 8.92. The van der Waals surface area contributed by atoms with Crippen LogP contribution in [0.1, 0.15) is 68.9 Å². The fraction of sp³-hybridized carbons (Fsp3) is 0.652. The van der Waals surface area contributed by atoms with Gasteiger partial charge in [-0.3, -0.25) is 14.4 Å². The van der Waals surface area contributed by atoms with Crippen LogP contribution < -0.4 is 16.4 Å². The van der Waals surface area contributed by atoms with E-state index in [2.05, 4.69) is 15.7 Å². The molecule has 1 aromatic rings. The smallest absolute Gasteiger partial charge is 0.255 e. The van der Waals surface area contributed by atoms with Crippen LogP contribution in [0.3, 0.4) is 0 Å². The maximum absolute atomic E-state index is 13.9. The molecule has 4 fully saturated rings. The molecule has 0 saturated heterocycles. The van der Waals surface area contributed by atoms with Crippen molar-refractivity contribution in [2.75, 3.05) is 0 Å². The topological polar surface area (TPSA) is 119 Å². The van der Waals surface area contributed by atoms with Gasteiger partial charge in [0.1, 0.15) is 6.67 Å². The van der Waals surface area contributed by atoms with Gasteiger partial charge in [-0.05, 0) is 69.8 Å². The normalized spacial score (nSPS) is 31.1. The maximum Gasteiger partial charge on any atom is 0.255 e. The number of nitrogens with two attached hydrogens (primary N) is 1. The molecule has 4 saturated carbocycles. The Hall–Kier alpha value is -2.71. The number of aromatic nitrogens is 2. The minimum atomic E-state index is -0.849. The quantitative estimate of drug-likeness (QED) is 0.596. The summed E-state index contributed by atoms with van der Waals surface area (Å²) >= 11 is 0. The number of carbonyl (C=O) groups excluding carboxylic acids is 3. The third kappa shape index (κ3) is 4.04. The summed E-state index contributed by atoms with van der Waals surface area (Å²) < 4.78 is 15.2. The number of nitrogens with zero attached hydrogens (tertiary/aromatic N) is 2. The molecule has 0 spiro atoms. The van der Waals surface area contributed by atoms with Crippen molar-refractivity contribution in [1.82, 2.24) is 20.4 Å². The second-order valence-corrected chi connectivity index (χ2v) is 10.4. The standard InChI is InChI=1S/C23H32FN5O3/c1-13(30)28-22(2,3)4-5-29-18(11-24)17(12-26-29)20(31)27-19-15-6-14-7-16(19)10-23(8-14,9-15)21(25)32/h4-5,12,14-16,19H,6-11H2,1-3H3,(H2,25,32)(H,27,31)(H,28,30)/b5-4+/t14?,15?,16?,19-,23-. The summed E-state index contributed by atoms with van der Waals surface area (Å²) in [5.74, 6) is 0.203. The number of primary amides is 1. The van der Waals surface area contributed by atoms with Gasteiger partial charge in [-0.2, -0.15) is 5.10 Å². The molecular formula is C23H32FN5O3. The van der Waals surface area contributed by atoms with Crippen LogP contribution >= 0.6 is 0 Å². The number of halogens is 1. The third-order valence-electron chi connectivity index (χ3n) is 7.49. The van der Waals surface area contributed by atoms with E-state index < -0.39 is 17.6 Å². The van der Waals surface area contributed by atoms with E-state index in [9.17, 15) is 18.8 Å². The van der Waals surface area contributed by atoms with Gasteiger partial charge in [0.05, 0.1) is 23.0 Å². The van der Waals surface area contributed by atoms with Crippen molar-refractivity contribution in [3.05, 3.63) is 23.5 Å². The maximum atomic E-state index is 13.9. The van der Waals surface area contributed by atoms with Gasteiger partial charge < -0.3 is 16.4 Å². The van der Waals surface area contributed by atoms with Crippen molar-refractivity contribution >= 4 is 23.9 Å². The van der Waals surface area contributed by atoms with Gasteiger partial charge in [-0.1, -0.05) is 0 Å². The highest BCUT2D eigenvalue weighted by atomic mass is 19.1. The largest absolute Gasteiger partial charge is 0.369 e. The van der Waals surface area contributed by atoms with Crippen molar-refractivity contribution in [2.45, 2.75) is 71.1 Å². The van der Waals surface area contributed by atoms with Crippen LogP contribution in [0.5, 0.6) is 0 Å². The van der Waals surface area contributed by atoms with Gasteiger partial charge in [0.25, 0.3) is 5.91 Å². The monoisotopic (exact) mass is 445 g/mol. The highest BCUT2D eigenvalue weighted by Crippen LogP contribution is 2.59. The summed E-state index contributed by atoms with van der Waals surface area (Å²) in [5, 5.41) is 10.1. The summed E-state index contributed by atoms with van der Waals surface area (Å²) in [7, 11) is 0. The first-order chi connectivity index (χ1) is 15.0. The number of hydrogen-bond donors (Lipinski definition) is 3. The van der Waals surface area contributed by atoms with Gasteiger partial charge in [-0.15, -0.1) is 0 Å². The van der Waals surface area contributed by atoms with Crippen LogP contribution in [-0.2, 0) is 16.3 Å². The Morgan fingerprint density at radius 2 is 1.94 bits per heavy atom. The summed E-state index contributed by atoms with van der Waals surface area (Å²) in [6.45, 7) is 4.19. The van der Waals surface area contributed by atoms with E-state index in [1.165, 1.54) is 17.8 Å². The Morgan fingerprint density at radius 1 is 1.28 bits per heavy atom. The number of hydrogen-bond acceptors (Lipinski definition) is 4. The van der Waals surface area contributed by atoms with Gasteiger partial charge in [0.2, 0.25) is 11.8 Å². The molecule has 3 amide bonds. The van der Waals surface area contributed by atoms with Gasteiger partial charge in [-0.25, -0.2) is 9.07 Å². The second kappa shape index (κ2) is 8.01. The van der Waals surface area contributed by atoms with E-state index in [4.69, 9.17) is 5.73 Å². The van der Waals surface area contributed by atoms with Crippen LogP contribution in [0, 0.1) is 23.2 Å². The number of amides is 3. The summed E-state index contributed by atoms with van der Waals surface area (Å²) in [6, 6.07) is -0.0309. The predicted octanol–water partition coefficient (Wildman–Crippen LogP) is 2.15. The van der Waals surface area contributed by atoms with Crippen LogP contribution in [-0.4, -0.2) is 39.1 Å². The lowest BCUT2D eigenvalue weighted by molar-refractivity contribution is -0.145. The lowest BCUT2D eigenvalue weighted by Gasteiger charge is -2.58. The van der Waals surface area contributed by atoms with Crippen molar-refractivity contribution in [3.8, 4) is 0 Å². The zero-order chi connectivity index (χ0) is 23.3. The van der Waals surface area contributed by atoms with E-state index in [0.29, 0.717) is 5.92 Å². The zero-order valence-corrected chi connectivity index (χ0v) is 18.9. The molecule has 174 valence electrons. The molecule has 9 heteroatoms. The zero-order valence-electron chi connectivity index (χ0n) is 18.9. The Bertz CT molecular complexity index is 953. The molecule has 1 aromatic heterocycles. The molecule has 0 aliphatic heterocycles. The first kappa shape index (κ1) is 22.5. The molecule has 5 rings (SSSR count). The molecular weight excluding hydrogens is 413 g/mol. The number of rotatable bonds is 7. The minimum absolute atomic E-state index is 0.0309. The molecule has 32 heavy (non-hydrogen) atoms. The highest BCUT2D eigenvalue weighted by molar-refractivity contribution is 5.95. The summed E-state index contributed by atoms with van der Waals surface area (Å²) in [4.78, 5) is 36.6. The fourth-order valence-electron chi connectivity index (χ4n) is 6.38. The molecule has 0 radical (unpaired) electrons. The lowest BCUT2D eigenvalue weighted by Crippen LogP contribution is -2.62. The second-order valence-electron chi connectivity index (χ2n) is 10.4. The van der Waals surface area contributed by atoms with Crippen LogP contribution in [0.25, 0.3) is 6.20 Å². The van der Waals surface area contributed by atoms with Crippen LogP contribution in [0.15, 0.2) is 12.3 Å². The summed E-state index contributed by atoms with van der Waals surface area (Å²) in [5.41, 5.74) is 5.04. The number of nitrogens with one attached hydrogen (secondary N) is 2. The number of carbonyl (C=O) groups is 3. The Morgan fingerprint density at radius 3 is 2.50 bits per heavy atom. The molecule has 4 N–H and O–H groups in total. The predicted molar refractivity (Wildman–Crippen MR) is 117 cm³/mol. The molecule has 1 heterocycles. The first-order valence-electron chi connectivity index (χ1n) is 11.2. The molecule has 2 unspecified atom stereocenters. The third-order valence-corrected chi connectivity index (χ3v) is 7.49. The molecule has 0 aromatic carbocycles. The SMILES string of the molecule is CC(=O)NC(C)(C)/C=C/n1ncc(C(=O)N[C@H]2C3CC4CC2C[C@](C(N)=O)(C4)C3)c1CF. The van der Waals surface area contributed by atoms with E-state index in [0.717, 1.165) is 32.1 Å².